The molecule has 1 fully saturated rings. The van der Waals surface area contributed by atoms with Crippen LogP contribution in [-0.4, -0.2) is 23.1 Å². The van der Waals surface area contributed by atoms with E-state index < -0.39 is 0 Å². The second-order valence-corrected chi connectivity index (χ2v) is 6.21. The van der Waals surface area contributed by atoms with E-state index in [9.17, 15) is 9.18 Å². The van der Waals surface area contributed by atoms with Gasteiger partial charge < -0.3 is 4.90 Å². The van der Waals surface area contributed by atoms with Crippen molar-refractivity contribution in [2.45, 2.75) is 5.37 Å². The van der Waals surface area contributed by atoms with Crippen LogP contribution in [0.2, 0.25) is 0 Å². The fraction of sp³-hybridized carbons (Fsp3) is 0.167. The first-order chi connectivity index (χ1) is 10.8. The molecule has 0 spiro atoms. The van der Waals surface area contributed by atoms with E-state index in [1.165, 1.54) is 6.07 Å². The summed E-state index contributed by atoms with van der Waals surface area (Å²) < 4.78 is 14.0. The lowest BCUT2D eigenvalue weighted by Crippen LogP contribution is -2.29. The van der Waals surface area contributed by atoms with E-state index in [1.54, 1.807) is 47.0 Å². The fourth-order valence-electron chi connectivity index (χ4n) is 2.46. The van der Waals surface area contributed by atoms with Crippen molar-refractivity contribution in [3.63, 3.8) is 0 Å². The molecule has 3 rings (SSSR count). The SMILES string of the molecule is O=C(/C=C/c1ccccc1)N1CCSC1c1ccccc1F. The lowest BCUT2D eigenvalue weighted by molar-refractivity contribution is -0.126. The summed E-state index contributed by atoms with van der Waals surface area (Å²) in [5.74, 6) is 0.484. The quantitative estimate of drug-likeness (QED) is 0.795. The molecular weight excluding hydrogens is 297 g/mol. The first-order valence-corrected chi connectivity index (χ1v) is 8.20. The summed E-state index contributed by atoms with van der Waals surface area (Å²) in [5.41, 5.74) is 1.55. The second kappa shape index (κ2) is 6.79. The van der Waals surface area contributed by atoms with Crippen LogP contribution in [0.1, 0.15) is 16.5 Å². The van der Waals surface area contributed by atoms with Crippen LogP contribution in [0.5, 0.6) is 0 Å². The molecule has 1 atom stereocenters. The molecule has 0 saturated carbocycles. The Morgan fingerprint density at radius 3 is 2.64 bits per heavy atom. The highest BCUT2D eigenvalue weighted by atomic mass is 32.2. The molecule has 1 aliphatic rings. The van der Waals surface area contributed by atoms with Crippen LogP contribution in [0.4, 0.5) is 4.39 Å². The van der Waals surface area contributed by atoms with Gasteiger partial charge in [0.2, 0.25) is 5.91 Å². The molecule has 2 aromatic rings. The van der Waals surface area contributed by atoms with Crippen molar-refractivity contribution in [1.82, 2.24) is 4.90 Å². The van der Waals surface area contributed by atoms with Gasteiger partial charge in [0, 0.05) is 23.9 Å². The number of benzene rings is 2. The third-order valence-corrected chi connectivity index (χ3v) is 4.81. The van der Waals surface area contributed by atoms with Gasteiger partial charge in [-0.25, -0.2) is 4.39 Å². The Kier molecular flexibility index (Phi) is 4.59. The van der Waals surface area contributed by atoms with Crippen LogP contribution in [0.15, 0.2) is 60.7 Å². The fourth-order valence-corrected chi connectivity index (χ4v) is 3.74. The minimum absolute atomic E-state index is 0.0814. The predicted molar refractivity (Wildman–Crippen MR) is 88.8 cm³/mol. The molecular formula is C18H16FNOS. The van der Waals surface area contributed by atoms with Crippen molar-refractivity contribution >= 4 is 23.7 Å². The second-order valence-electron chi connectivity index (χ2n) is 5.02. The zero-order chi connectivity index (χ0) is 15.4. The van der Waals surface area contributed by atoms with Gasteiger partial charge in [-0.05, 0) is 17.7 Å². The lowest BCUT2D eigenvalue weighted by atomic mass is 10.2. The molecule has 1 aliphatic heterocycles. The van der Waals surface area contributed by atoms with Gasteiger partial charge >= 0.3 is 0 Å². The maximum Gasteiger partial charge on any atom is 0.247 e. The molecule has 1 amide bonds. The van der Waals surface area contributed by atoms with Crippen molar-refractivity contribution < 1.29 is 9.18 Å². The van der Waals surface area contributed by atoms with Crippen molar-refractivity contribution in [1.29, 1.82) is 0 Å². The highest BCUT2D eigenvalue weighted by molar-refractivity contribution is 7.99. The van der Waals surface area contributed by atoms with Crippen molar-refractivity contribution in [2.75, 3.05) is 12.3 Å². The summed E-state index contributed by atoms with van der Waals surface area (Å²) in [4.78, 5) is 14.1. The highest BCUT2D eigenvalue weighted by Crippen LogP contribution is 2.39. The Morgan fingerprint density at radius 1 is 1.14 bits per heavy atom. The van der Waals surface area contributed by atoms with E-state index >= 15 is 0 Å². The van der Waals surface area contributed by atoms with Crippen molar-refractivity contribution in [2.24, 2.45) is 0 Å². The van der Waals surface area contributed by atoms with Gasteiger partial charge in [-0.15, -0.1) is 11.8 Å². The van der Waals surface area contributed by atoms with Gasteiger partial charge in [0.25, 0.3) is 0 Å². The molecule has 0 aliphatic carbocycles. The Labute approximate surface area is 133 Å². The number of hydrogen-bond donors (Lipinski definition) is 0. The number of hydrogen-bond acceptors (Lipinski definition) is 2. The summed E-state index contributed by atoms with van der Waals surface area (Å²) in [6.07, 6.45) is 3.36. The van der Waals surface area contributed by atoms with Crippen molar-refractivity contribution in [3.8, 4) is 0 Å². The highest BCUT2D eigenvalue weighted by Gasteiger charge is 2.31. The molecule has 1 saturated heterocycles. The molecule has 1 heterocycles. The van der Waals surface area contributed by atoms with Gasteiger partial charge in [-0.1, -0.05) is 48.5 Å². The van der Waals surface area contributed by atoms with Crippen LogP contribution in [0.3, 0.4) is 0 Å². The van der Waals surface area contributed by atoms with E-state index in [4.69, 9.17) is 0 Å². The Bertz CT molecular complexity index is 686. The van der Waals surface area contributed by atoms with E-state index in [1.807, 2.05) is 30.3 Å². The first-order valence-electron chi connectivity index (χ1n) is 7.15. The monoisotopic (exact) mass is 313 g/mol. The van der Waals surface area contributed by atoms with Gasteiger partial charge in [0.15, 0.2) is 0 Å². The standard InChI is InChI=1S/C18H16FNOS/c19-16-9-5-4-8-15(16)18-20(12-13-22-18)17(21)11-10-14-6-2-1-3-7-14/h1-11,18H,12-13H2/b11-10+. The molecule has 0 radical (unpaired) electrons. The van der Waals surface area contributed by atoms with E-state index in [-0.39, 0.29) is 17.1 Å². The number of carbonyl (C=O) groups excluding carboxylic acids is 1. The molecule has 0 bridgehead atoms. The molecule has 0 N–H and O–H groups in total. The number of nitrogens with zero attached hydrogens (tertiary/aromatic N) is 1. The Hall–Kier alpha value is -2.07. The van der Waals surface area contributed by atoms with E-state index in [0.717, 1.165) is 11.3 Å². The topological polar surface area (TPSA) is 20.3 Å². The molecule has 1 unspecified atom stereocenters. The van der Waals surface area contributed by atoms with Crippen LogP contribution >= 0.6 is 11.8 Å². The number of carbonyl (C=O) groups is 1. The minimum atomic E-state index is -0.258. The molecule has 0 aromatic heterocycles. The molecule has 4 heteroatoms. The Balaban J connectivity index is 1.77. The molecule has 2 nitrogen and oxygen atoms in total. The molecule has 2 aromatic carbocycles. The van der Waals surface area contributed by atoms with Crippen LogP contribution in [0.25, 0.3) is 6.08 Å². The van der Waals surface area contributed by atoms with E-state index in [0.29, 0.717) is 12.1 Å². The van der Waals surface area contributed by atoms with Gasteiger partial charge in [0.1, 0.15) is 11.2 Å². The summed E-state index contributed by atoms with van der Waals surface area (Å²) in [6.45, 7) is 0.641. The zero-order valence-corrected chi connectivity index (χ0v) is 12.8. The lowest BCUT2D eigenvalue weighted by Gasteiger charge is -2.23. The molecule has 112 valence electrons. The third kappa shape index (κ3) is 3.22. The van der Waals surface area contributed by atoms with Gasteiger partial charge in [0.05, 0.1) is 0 Å². The largest absolute Gasteiger partial charge is 0.322 e. The van der Waals surface area contributed by atoms with Gasteiger partial charge in [-0.2, -0.15) is 0 Å². The average molecular weight is 313 g/mol. The third-order valence-electron chi connectivity index (χ3n) is 3.56. The maximum absolute atomic E-state index is 14.0. The summed E-state index contributed by atoms with van der Waals surface area (Å²) in [5, 5.41) is -0.242. The number of rotatable bonds is 3. The van der Waals surface area contributed by atoms with Crippen LogP contribution in [0, 0.1) is 5.82 Å². The Morgan fingerprint density at radius 2 is 1.86 bits per heavy atom. The van der Waals surface area contributed by atoms with E-state index in [2.05, 4.69) is 0 Å². The zero-order valence-electron chi connectivity index (χ0n) is 12.0. The number of thioether (sulfide) groups is 1. The first kappa shape index (κ1) is 14.9. The maximum atomic E-state index is 14.0. The van der Waals surface area contributed by atoms with Crippen molar-refractivity contribution in [3.05, 3.63) is 77.6 Å². The average Bonchev–Trinajstić information content (AvgIpc) is 3.03. The summed E-state index contributed by atoms with van der Waals surface area (Å²) in [6, 6.07) is 16.3. The minimum Gasteiger partial charge on any atom is -0.322 e. The molecule has 22 heavy (non-hydrogen) atoms. The summed E-state index contributed by atoms with van der Waals surface area (Å²) in [7, 11) is 0. The van der Waals surface area contributed by atoms with Crippen LogP contribution < -0.4 is 0 Å². The van der Waals surface area contributed by atoms with Gasteiger partial charge in [-0.3, -0.25) is 4.79 Å². The number of amides is 1. The normalized spacial score (nSPS) is 18.0. The smallest absolute Gasteiger partial charge is 0.247 e. The predicted octanol–water partition coefficient (Wildman–Crippen LogP) is 4.11. The summed E-state index contributed by atoms with van der Waals surface area (Å²) >= 11 is 1.60. The van der Waals surface area contributed by atoms with Crippen LogP contribution in [-0.2, 0) is 4.79 Å². The number of halogens is 1.